The van der Waals surface area contributed by atoms with Gasteiger partial charge in [0.05, 0.1) is 16.6 Å². The minimum absolute atomic E-state index is 0.145. The summed E-state index contributed by atoms with van der Waals surface area (Å²) in [7, 11) is 0. The molecule has 0 radical (unpaired) electrons. The van der Waals surface area contributed by atoms with Crippen molar-refractivity contribution in [3.8, 4) is 5.75 Å². The predicted molar refractivity (Wildman–Crippen MR) is 92.6 cm³/mol. The number of nitrogens with zero attached hydrogens (tertiary/aromatic N) is 1. The van der Waals surface area contributed by atoms with Crippen molar-refractivity contribution in [1.29, 1.82) is 0 Å². The quantitative estimate of drug-likeness (QED) is 0.818. The Labute approximate surface area is 151 Å². The van der Waals surface area contributed by atoms with E-state index in [1.165, 1.54) is 4.90 Å². The molecule has 2 fully saturated rings. The Morgan fingerprint density at radius 3 is 2.67 bits per heavy atom. The van der Waals surface area contributed by atoms with Crippen LogP contribution in [0.1, 0.15) is 32.6 Å². The summed E-state index contributed by atoms with van der Waals surface area (Å²) in [5.74, 6) is 0.369. The molecule has 2 atom stereocenters. The first-order valence-electron chi connectivity index (χ1n) is 8.16. The third kappa shape index (κ3) is 2.95. The summed E-state index contributed by atoms with van der Waals surface area (Å²) < 4.78 is 5.59. The molecule has 1 saturated heterocycles. The topological polar surface area (TPSA) is 58.6 Å². The molecule has 1 saturated carbocycles. The highest BCUT2D eigenvalue weighted by atomic mass is 35.5. The van der Waals surface area contributed by atoms with Gasteiger partial charge in [-0.1, -0.05) is 49.0 Å². The molecular weight excluding hydrogens is 351 g/mol. The molecule has 24 heavy (non-hydrogen) atoms. The zero-order valence-electron chi connectivity index (χ0n) is 13.5. The summed E-state index contributed by atoms with van der Waals surface area (Å²) in [5, 5.41) is 3.72. The van der Waals surface area contributed by atoms with E-state index in [2.05, 4.69) is 5.32 Å². The second kappa shape index (κ2) is 6.81. The van der Waals surface area contributed by atoms with Gasteiger partial charge in [0.15, 0.2) is 5.75 Å². The molecule has 1 aromatic carbocycles. The number of carbonyl (C=O) groups excluding carboxylic acids is 2. The van der Waals surface area contributed by atoms with Crippen LogP contribution in [0, 0.1) is 5.92 Å². The molecule has 5 nitrogen and oxygen atoms in total. The number of halogens is 2. The third-order valence-electron chi connectivity index (χ3n) is 4.98. The van der Waals surface area contributed by atoms with E-state index in [9.17, 15) is 9.59 Å². The molecule has 1 aliphatic heterocycles. The van der Waals surface area contributed by atoms with Crippen LogP contribution in [0.25, 0.3) is 0 Å². The van der Waals surface area contributed by atoms with E-state index in [-0.39, 0.29) is 31.0 Å². The predicted octanol–water partition coefficient (Wildman–Crippen LogP) is 3.87. The van der Waals surface area contributed by atoms with Crippen LogP contribution in [0.15, 0.2) is 18.2 Å². The normalized spacial score (nSPS) is 26.8. The lowest BCUT2D eigenvalue weighted by Gasteiger charge is -2.36. The number of imide groups is 1. The molecular formula is C17H20Cl2N2O3. The smallest absolute Gasteiger partial charge is 0.325 e. The minimum Gasteiger partial charge on any atom is -0.489 e. The fourth-order valence-corrected chi connectivity index (χ4v) is 4.06. The van der Waals surface area contributed by atoms with Gasteiger partial charge < -0.3 is 10.1 Å². The van der Waals surface area contributed by atoms with Crippen LogP contribution >= 0.6 is 23.2 Å². The fraction of sp³-hybridized carbons (Fsp3) is 0.529. The second-order valence-corrected chi connectivity index (χ2v) is 7.22. The maximum Gasteiger partial charge on any atom is 0.325 e. The van der Waals surface area contributed by atoms with Gasteiger partial charge in [-0.25, -0.2) is 4.79 Å². The summed E-state index contributed by atoms with van der Waals surface area (Å²) >= 11 is 12.1. The molecule has 1 N–H and O–H groups in total. The van der Waals surface area contributed by atoms with Gasteiger partial charge in [0, 0.05) is 0 Å². The van der Waals surface area contributed by atoms with E-state index in [0.29, 0.717) is 22.2 Å². The standard InChI is InChI=1S/C17H20Cl2N2O3/c1-11-5-2-3-8-17(11)15(22)21(16(23)20-17)9-10-24-14-12(18)6-4-7-13(14)19/h4,6-7,11H,2-3,5,8-10H2,1H3,(H,20,23). The Kier molecular flexibility index (Phi) is 4.92. The maximum absolute atomic E-state index is 12.8. The monoisotopic (exact) mass is 370 g/mol. The zero-order valence-corrected chi connectivity index (χ0v) is 15.0. The van der Waals surface area contributed by atoms with Crippen molar-refractivity contribution >= 4 is 35.1 Å². The van der Waals surface area contributed by atoms with Crippen molar-refractivity contribution in [2.24, 2.45) is 5.92 Å². The first-order chi connectivity index (χ1) is 11.5. The average molecular weight is 371 g/mol. The van der Waals surface area contributed by atoms with Gasteiger partial charge in [0.25, 0.3) is 5.91 Å². The van der Waals surface area contributed by atoms with Crippen LogP contribution in [0.3, 0.4) is 0 Å². The molecule has 1 aliphatic carbocycles. The molecule has 0 aromatic heterocycles. The zero-order chi connectivity index (χ0) is 17.3. The van der Waals surface area contributed by atoms with Crippen molar-refractivity contribution in [1.82, 2.24) is 10.2 Å². The molecule has 3 amide bonds. The number of amides is 3. The lowest BCUT2D eigenvalue weighted by Crippen LogP contribution is -2.54. The Balaban J connectivity index is 1.66. The highest BCUT2D eigenvalue weighted by Crippen LogP contribution is 2.38. The highest BCUT2D eigenvalue weighted by Gasteiger charge is 2.54. The molecule has 2 unspecified atom stereocenters. The van der Waals surface area contributed by atoms with Gasteiger partial charge in [0.1, 0.15) is 12.1 Å². The molecule has 1 spiro atoms. The van der Waals surface area contributed by atoms with Crippen LogP contribution in [0.2, 0.25) is 10.0 Å². The Bertz CT molecular complexity index is 647. The van der Waals surface area contributed by atoms with Crippen LogP contribution in [-0.4, -0.2) is 35.5 Å². The van der Waals surface area contributed by atoms with E-state index in [1.807, 2.05) is 6.92 Å². The van der Waals surface area contributed by atoms with Gasteiger partial charge in [-0.05, 0) is 30.9 Å². The average Bonchev–Trinajstić information content (AvgIpc) is 2.78. The number of nitrogens with one attached hydrogen (secondary N) is 1. The second-order valence-electron chi connectivity index (χ2n) is 6.40. The molecule has 2 aliphatic rings. The van der Waals surface area contributed by atoms with Crippen LogP contribution < -0.4 is 10.1 Å². The number of benzene rings is 1. The first kappa shape index (κ1) is 17.4. The fourth-order valence-electron chi connectivity index (χ4n) is 3.56. The number of rotatable bonds is 4. The van der Waals surface area contributed by atoms with E-state index in [1.54, 1.807) is 18.2 Å². The van der Waals surface area contributed by atoms with Crippen LogP contribution in [0.5, 0.6) is 5.75 Å². The first-order valence-corrected chi connectivity index (χ1v) is 8.92. The molecule has 1 aromatic rings. The minimum atomic E-state index is -0.739. The Morgan fingerprint density at radius 2 is 2.00 bits per heavy atom. The summed E-state index contributed by atoms with van der Waals surface area (Å²) in [6, 6.07) is 4.73. The number of hydrogen-bond donors (Lipinski definition) is 1. The van der Waals surface area contributed by atoms with Crippen molar-refractivity contribution < 1.29 is 14.3 Å². The summed E-state index contributed by atoms with van der Waals surface area (Å²) in [6.45, 7) is 2.34. The van der Waals surface area contributed by atoms with Crippen LogP contribution in [-0.2, 0) is 4.79 Å². The highest BCUT2D eigenvalue weighted by molar-refractivity contribution is 6.37. The van der Waals surface area contributed by atoms with Crippen molar-refractivity contribution in [3.05, 3.63) is 28.2 Å². The van der Waals surface area contributed by atoms with E-state index in [0.717, 1.165) is 19.3 Å². The van der Waals surface area contributed by atoms with Gasteiger partial charge in [-0.3, -0.25) is 9.69 Å². The SMILES string of the molecule is CC1CCCCC12NC(=O)N(CCOc1c(Cl)cccc1Cl)C2=O. The molecule has 7 heteroatoms. The molecule has 1 heterocycles. The Morgan fingerprint density at radius 1 is 1.29 bits per heavy atom. The third-order valence-corrected chi connectivity index (χ3v) is 5.58. The van der Waals surface area contributed by atoms with E-state index in [4.69, 9.17) is 27.9 Å². The van der Waals surface area contributed by atoms with Gasteiger partial charge >= 0.3 is 6.03 Å². The van der Waals surface area contributed by atoms with Gasteiger partial charge in [0.2, 0.25) is 0 Å². The van der Waals surface area contributed by atoms with Gasteiger partial charge in [-0.15, -0.1) is 0 Å². The number of para-hydroxylation sites is 1. The maximum atomic E-state index is 12.8. The number of carbonyl (C=O) groups is 2. The van der Waals surface area contributed by atoms with Crippen molar-refractivity contribution in [2.75, 3.05) is 13.2 Å². The van der Waals surface area contributed by atoms with Crippen molar-refractivity contribution in [3.63, 3.8) is 0 Å². The number of ether oxygens (including phenoxy) is 1. The van der Waals surface area contributed by atoms with E-state index >= 15 is 0 Å². The molecule has 0 bridgehead atoms. The number of urea groups is 1. The largest absolute Gasteiger partial charge is 0.489 e. The summed E-state index contributed by atoms with van der Waals surface area (Å²) in [4.78, 5) is 26.3. The molecule has 3 rings (SSSR count). The summed E-state index contributed by atoms with van der Waals surface area (Å²) in [6.07, 6.45) is 3.70. The number of hydrogen-bond acceptors (Lipinski definition) is 3. The lowest BCUT2D eigenvalue weighted by atomic mass is 9.73. The van der Waals surface area contributed by atoms with Gasteiger partial charge in [-0.2, -0.15) is 0 Å². The molecule has 130 valence electrons. The Hall–Kier alpha value is -1.46. The van der Waals surface area contributed by atoms with E-state index < -0.39 is 5.54 Å². The van der Waals surface area contributed by atoms with Crippen molar-refractivity contribution in [2.45, 2.75) is 38.1 Å². The summed E-state index contributed by atoms with van der Waals surface area (Å²) in [5.41, 5.74) is -0.739. The van der Waals surface area contributed by atoms with Crippen LogP contribution in [0.4, 0.5) is 4.79 Å². The lowest BCUT2D eigenvalue weighted by molar-refractivity contribution is -0.134.